The zero-order valence-corrected chi connectivity index (χ0v) is 12.8. The molecule has 0 aliphatic carbocycles. The van der Waals surface area contributed by atoms with E-state index in [0.717, 1.165) is 5.65 Å². The van der Waals surface area contributed by atoms with E-state index >= 15 is 0 Å². The normalized spacial score (nSPS) is 11.2. The van der Waals surface area contributed by atoms with Crippen molar-refractivity contribution < 1.29 is 4.74 Å². The average molecular weight is 323 g/mol. The molecule has 0 amide bonds. The van der Waals surface area contributed by atoms with Crippen molar-refractivity contribution in [2.45, 2.75) is 30.3 Å². The van der Waals surface area contributed by atoms with Crippen LogP contribution in [0.25, 0.3) is 5.65 Å². The van der Waals surface area contributed by atoms with Crippen LogP contribution in [0.1, 0.15) is 13.8 Å². The van der Waals surface area contributed by atoms with Gasteiger partial charge in [0.1, 0.15) is 0 Å². The Balaban J connectivity index is 1.92. The molecule has 3 rings (SSSR count). The quantitative estimate of drug-likeness (QED) is 0.730. The lowest BCUT2D eigenvalue weighted by atomic mass is 10.5. The summed E-state index contributed by atoms with van der Waals surface area (Å²) in [5.74, 6) is 0. The molecule has 0 unspecified atom stereocenters. The van der Waals surface area contributed by atoms with Crippen molar-refractivity contribution in [1.29, 1.82) is 0 Å². The topological polar surface area (TPSA) is 78.1 Å². The lowest BCUT2D eigenvalue weighted by Crippen LogP contribution is -2.09. The molecule has 21 heavy (non-hydrogen) atoms. The molecule has 0 aliphatic rings. The van der Waals surface area contributed by atoms with Gasteiger partial charge in [0.05, 0.1) is 6.10 Å². The maximum atomic E-state index is 5.89. The number of pyridine rings is 1. The van der Waals surface area contributed by atoms with Crippen molar-refractivity contribution in [2.75, 3.05) is 0 Å². The van der Waals surface area contributed by atoms with Gasteiger partial charge in [0, 0.05) is 6.20 Å². The number of hydrogen-bond acceptors (Lipinski definition) is 7. The summed E-state index contributed by atoms with van der Waals surface area (Å²) in [6.45, 7) is 3.77. The Morgan fingerprint density at radius 2 is 2.05 bits per heavy atom. The molecule has 0 N–H and O–H groups in total. The number of nitrogens with zero attached hydrogens (tertiary/aromatic N) is 6. The van der Waals surface area contributed by atoms with Crippen LogP contribution in [0.5, 0.6) is 6.01 Å². The van der Waals surface area contributed by atoms with Crippen LogP contribution in [0.3, 0.4) is 0 Å². The standard InChI is InChI=1S/C12H11ClN6OS/c1-7(2)20-10-14-9(13)15-11(16-10)21-12-18-17-8-5-3-4-6-19(8)12/h3-7H,1-2H3. The number of ether oxygens (including phenoxy) is 1. The first-order valence-corrected chi connectivity index (χ1v) is 7.37. The fourth-order valence-electron chi connectivity index (χ4n) is 1.59. The van der Waals surface area contributed by atoms with E-state index < -0.39 is 0 Å². The molecule has 0 saturated carbocycles. The highest BCUT2D eigenvalue weighted by Gasteiger charge is 2.12. The molecular weight excluding hydrogens is 312 g/mol. The van der Waals surface area contributed by atoms with Crippen molar-refractivity contribution >= 4 is 29.0 Å². The molecular formula is C12H11ClN6OS. The van der Waals surface area contributed by atoms with Crippen molar-refractivity contribution in [3.05, 3.63) is 29.7 Å². The van der Waals surface area contributed by atoms with Crippen LogP contribution >= 0.6 is 23.4 Å². The fourth-order valence-corrected chi connectivity index (χ4v) is 2.55. The van der Waals surface area contributed by atoms with Gasteiger partial charge in [-0.15, -0.1) is 10.2 Å². The second-order valence-electron chi connectivity index (χ2n) is 4.35. The Hall–Kier alpha value is -1.93. The molecule has 0 atom stereocenters. The number of rotatable bonds is 4. The first-order valence-electron chi connectivity index (χ1n) is 6.17. The Morgan fingerprint density at radius 1 is 1.19 bits per heavy atom. The van der Waals surface area contributed by atoms with Gasteiger partial charge in [-0.2, -0.15) is 15.0 Å². The van der Waals surface area contributed by atoms with Crippen LogP contribution < -0.4 is 4.74 Å². The molecule has 3 aromatic heterocycles. The van der Waals surface area contributed by atoms with E-state index in [1.807, 2.05) is 42.6 Å². The van der Waals surface area contributed by atoms with Gasteiger partial charge in [0.2, 0.25) is 15.6 Å². The number of aromatic nitrogens is 6. The summed E-state index contributed by atoms with van der Waals surface area (Å²) in [4.78, 5) is 12.2. The monoisotopic (exact) mass is 322 g/mol. The van der Waals surface area contributed by atoms with E-state index in [9.17, 15) is 0 Å². The predicted molar refractivity (Wildman–Crippen MR) is 77.7 cm³/mol. The molecule has 0 spiro atoms. The van der Waals surface area contributed by atoms with Gasteiger partial charge < -0.3 is 4.74 Å². The largest absolute Gasteiger partial charge is 0.461 e. The Morgan fingerprint density at radius 3 is 2.86 bits per heavy atom. The Bertz CT molecular complexity index is 777. The maximum Gasteiger partial charge on any atom is 0.322 e. The molecule has 3 heterocycles. The number of hydrogen-bond donors (Lipinski definition) is 0. The second kappa shape index (κ2) is 5.82. The van der Waals surface area contributed by atoms with Gasteiger partial charge in [-0.1, -0.05) is 6.07 Å². The van der Waals surface area contributed by atoms with Crippen molar-refractivity contribution in [3.8, 4) is 6.01 Å². The van der Waals surface area contributed by atoms with Crippen LogP contribution in [0, 0.1) is 0 Å². The van der Waals surface area contributed by atoms with Crippen LogP contribution in [-0.4, -0.2) is 35.7 Å². The van der Waals surface area contributed by atoms with Crippen LogP contribution in [0.15, 0.2) is 34.7 Å². The summed E-state index contributed by atoms with van der Waals surface area (Å²) >= 11 is 7.14. The summed E-state index contributed by atoms with van der Waals surface area (Å²) in [6, 6.07) is 5.85. The molecule has 0 radical (unpaired) electrons. The summed E-state index contributed by atoms with van der Waals surface area (Å²) < 4.78 is 7.28. The highest BCUT2D eigenvalue weighted by Crippen LogP contribution is 2.25. The Labute approximate surface area is 129 Å². The minimum Gasteiger partial charge on any atom is -0.461 e. The smallest absolute Gasteiger partial charge is 0.322 e. The highest BCUT2D eigenvalue weighted by atomic mass is 35.5. The van der Waals surface area contributed by atoms with E-state index in [-0.39, 0.29) is 17.4 Å². The summed E-state index contributed by atoms with van der Waals surface area (Å²) in [5.41, 5.74) is 0.749. The Kier molecular flexibility index (Phi) is 3.89. The van der Waals surface area contributed by atoms with E-state index in [2.05, 4.69) is 25.1 Å². The van der Waals surface area contributed by atoms with E-state index in [4.69, 9.17) is 16.3 Å². The van der Waals surface area contributed by atoms with Crippen molar-refractivity contribution in [1.82, 2.24) is 29.5 Å². The molecule has 108 valence electrons. The minimum absolute atomic E-state index is 0.0461. The first-order chi connectivity index (χ1) is 10.1. The zero-order chi connectivity index (χ0) is 14.8. The van der Waals surface area contributed by atoms with E-state index in [1.54, 1.807) is 0 Å². The summed E-state index contributed by atoms with van der Waals surface area (Å²) in [7, 11) is 0. The minimum atomic E-state index is -0.0461. The maximum absolute atomic E-state index is 5.89. The molecule has 0 aromatic carbocycles. The zero-order valence-electron chi connectivity index (χ0n) is 11.3. The van der Waals surface area contributed by atoms with Gasteiger partial charge in [-0.05, 0) is 49.3 Å². The van der Waals surface area contributed by atoms with Crippen molar-refractivity contribution in [3.63, 3.8) is 0 Å². The van der Waals surface area contributed by atoms with Crippen molar-refractivity contribution in [2.24, 2.45) is 0 Å². The van der Waals surface area contributed by atoms with Gasteiger partial charge in [0.25, 0.3) is 0 Å². The number of fused-ring (bicyclic) bond motifs is 1. The third-order valence-electron chi connectivity index (χ3n) is 2.37. The van der Waals surface area contributed by atoms with Crippen LogP contribution in [0.4, 0.5) is 0 Å². The lowest BCUT2D eigenvalue weighted by Gasteiger charge is -2.07. The molecule has 0 saturated heterocycles. The predicted octanol–water partition coefficient (Wildman–Crippen LogP) is 2.51. The van der Waals surface area contributed by atoms with Gasteiger partial charge >= 0.3 is 6.01 Å². The molecule has 3 aromatic rings. The number of halogens is 1. The van der Waals surface area contributed by atoms with Crippen LogP contribution in [-0.2, 0) is 0 Å². The van der Waals surface area contributed by atoms with Gasteiger partial charge in [-0.25, -0.2) is 0 Å². The molecule has 0 bridgehead atoms. The van der Waals surface area contributed by atoms with E-state index in [0.29, 0.717) is 10.3 Å². The molecule has 0 fully saturated rings. The average Bonchev–Trinajstić information content (AvgIpc) is 2.81. The van der Waals surface area contributed by atoms with Gasteiger partial charge in [-0.3, -0.25) is 4.40 Å². The fraction of sp³-hybridized carbons (Fsp3) is 0.250. The SMILES string of the molecule is CC(C)Oc1nc(Cl)nc(Sc2nnc3ccccn23)n1. The molecule has 7 nitrogen and oxygen atoms in total. The third kappa shape index (κ3) is 3.22. The van der Waals surface area contributed by atoms with Gasteiger partial charge in [0.15, 0.2) is 5.65 Å². The van der Waals surface area contributed by atoms with Crippen LogP contribution in [0.2, 0.25) is 5.28 Å². The second-order valence-corrected chi connectivity index (χ2v) is 5.62. The molecule has 9 heteroatoms. The molecule has 0 aliphatic heterocycles. The lowest BCUT2D eigenvalue weighted by molar-refractivity contribution is 0.219. The first kappa shape index (κ1) is 14.0. The summed E-state index contributed by atoms with van der Waals surface area (Å²) in [5, 5.41) is 9.30. The third-order valence-corrected chi connectivity index (χ3v) is 3.37. The van der Waals surface area contributed by atoms with E-state index in [1.165, 1.54) is 11.8 Å². The highest BCUT2D eigenvalue weighted by molar-refractivity contribution is 7.99. The summed E-state index contributed by atoms with van der Waals surface area (Å²) in [6.07, 6.45) is 1.82.